The zero-order chi connectivity index (χ0) is 14.4. The molecule has 1 aromatic carbocycles. The van der Waals surface area contributed by atoms with Gasteiger partial charge in [0.25, 0.3) is 5.91 Å². The maximum absolute atomic E-state index is 11.7. The highest BCUT2D eigenvalue weighted by atomic mass is 79.9. The van der Waals surface area contributed by atoms with Crippen molar-refractivity contribution in [3.8, 4) is 5.75 Å². The van der Waals surface area contributed by atoms with Crippen LogP contribution in [-0.4, -0.2) is 37.0 Å². The number of amides is 1. The van der Waals surface area contributed by atoms with E-state index in [-0.39, 0.29) is 18.6 Å². The summed E-state index contributed by atoms with van der Waals surface area (Å²) in [5, 5.41) is 0. The van der Waals surface area contributed by atoms with Gasteiger partial charge in [-0.05, 0) is 44.0 Å². The van der Waals surface area contributed by atoms with Gasteiger partial charge in [0, 0.05) is 24.1 Å². The van der Waals surface area contributed by atoms with Crippen LogP contribution < -0.4 is 10.5 Å². The van der Waals surface area contributed by atoms with Gasteiger partial charge in [-0.3, -0.25) is 4.79 Å². The normalized spacial score (nSPS) is 12.1. The predicted octanol–water partition coefficient (Wildman–Crippen LogP) is 2.20. The highest BCUT2D eigenvalue weighted by Gasteiger charge is 2.11. The molecule has 0 fully saturated rings. The van der Waals surface area contributed by atoms with Crippen LogP contribution in [0.2, 0.25) is 0 Å². The van der Waals surface area contributed by atoms with Crippen molar-refractivity contribution < 1.29 is 9.53 Å². The number of halogens is 1. The van der Waals surface area contributed by atoms with E-state index in [9.17, 15) is 4.79 Å². The van der Waals surface area contributed by atoms with Crippen LogP contribution in [0.25, 0.3) is 0 Å². The maximum atomic E-state index is 11.7. The van der Waals surface area contributed by atoms with Gasteiger partial charge < -0.3 is 15.4 Å². The molecule has 1 atom stereocenters. The molecule has 1 unspecified atom stereocenters. The summed E-state index contributed by atoms with van der Waals surface area (Å²) in [5.74, 6) is 0.690. The van der Waals surface area contributed by atoms with Crippen molar-refractivity contribution in [1.82, 2.24) is 4.90 Å². The Morgan fingerprint density at radius 2 is 2.21 bits per heavy atom. The third-order valence-corrected chi connectivity index (χ3v) is 3.31. The quantitative estimate of drug-likeness (QED) is 0.870. The molecule has 0 aliphatic carbocycles. The first kappa shape index (κ1) is 16.0. The lowest BCUT2D eigenvalue weighted by molar-refractivity contribution is -0.131. The zero-order valence-electron chi connectivity index (χ0n) is 11.6. The molecule has 2 N–H and O–H groups in total. The van der Waals surface area contributed by atoms with Gasteiger partial charge in [-0.1, -0.05) is 15.9 Å². The minimum atomic E-state index is -0.0304. The van der Waals surface area contributed by atoms with Crippen molar-refractivity contribution in [3.05, 3.63) is 28.2 Å². The van der Waals surface area contributed by atoms with E-state index in [0.717, 1.165) is 15.8 Å². The van der Waals surface area contributed by atoms with Crippen molar-refractivity contribution in [1.29, 1.82) is 0 Å². The molecule has 4 nitrogen and oxygen atoms in total. The standard InChI is InChI=1S/C14H21BrN2O2/c1-4-17(3)14(18)9-19-13-6-5-12(15)8-11(13)7-10(2)16/h5-6,8,10H,4,7,9,16H2,1-3H3. The van der Waals surface area contributed by atoms with Gasteiger partial charge in [0.2, 0.25) is 0 Å². The SMILES string of the molecule is CCN(C)C(=O)COc1ccc(Br)cc1CC(C)N. The third kappa shape index (κ3) is 5.20. The van der Waals surface area contributed by atoms with Gasteiger partial charge >= 0.3 is 0 Å². The van der Waals surface area contributed by atoms with Crippen molar-refractivity contribution >= 4 is 21.8 Å². The fraction of sp³-hybridized carbons (Fsp3) is 0.500. The number of ether oxygens (including phenoxy) is 1. The molecule has 0 saturated carbocycles. The summed E-state index contributed by atoms with van der Waals surface area (Å²) >= 11 is 3.43. The van der Waals surface area contributed by atoms with E-state index in [1.54, 1.807) is 11.9 Å². The third-order valence-electron chi connectivity index (χ3n) is 2.82. The molecule has 0 aromatic heterocycles. The molecule has 0 spiro atoms. The van der Waals surface area contributed by atoms with Crippen LogP contribution in [0.5, 0.6) is 5.75 Å². The molecule has 0 aliphatic rings. The Bertz CT molecular complexity index is 435. The highest BCUT2D eigenvalue weighted by Crippen LogP contribution is 2.24. The van der Waals surface area contributed by atoms with E-state index < -0.39 is 0 Å². The molecule has 0 heterocycles. The monoisotopic (exact) mass is 328 g/mol. The summed E-state index contributed by atoms with van der Waals surface area (Å²) < 4.78 is 6.59. The van der Waals surface area contributed by atoms with E-state index in [0.29, 0.717) is 13.0 Å². The Morgan fingerprint density at radius 3 is 2.79 bits per heavy atom. The molecule has 106 valence electrons. The van der Waals surface area contributed by atoms with E-state index in [1.807, 2.05) is 32.0 Å². The summed E-state index contributed by atoms with van der Waals surface area (Å²) in [4.78, 5) is 13.3. The van der Waals surface area contributed by atoms with Crippen molar-refractivity contribution in [2.45, 2.75) is 26.3 Å². The fourth-order valence-electron chi connectivity index (χ4n) is 1.62. The maximum Gasteiger partial charge on any atom is 0.260 e. The Labute approximate surface area is 123 Å². The predicted molar refractivity (Wildman–Crippen MR) is 80.3 cm³/mol. The van der Waals surface area contributed by atoms with E-state index in [4.69, 9.17) is 10.5 Å². The summed E-state index contributed by atoms with van der Waals surface area (Å²) in [6.45, 7) is 4.60. The molecule has 0 radical (unpaired) electrons. The largest absolute Gasteiger partial charge is 0.483 e. The van der Waals surface area contributed by atoms with Crippen LogP contribution in [0.15, 0.2) is 22.7 Å². The summed E-state index contributed by atoms with van der Waals surface area (Å²) in [6.07, 6.45) is 0.715. The lowest BCUT2D eigenvalue weighted by Crippen LogP contribution is -2.31. The molecular weight excluding hydrogens is 308 g/mol. The number of rotatable bonds is 6. The van der Waals surface area contributed by atoms with E-state index in [2.05, 4.69) is 15.9 Å². The van der Waals surface area contributed by atoms with Crippen molar-refractivity contribution in [2.75, 3.05) is 20.2 Å². The smallest absolute Gasteiger partial charge is 0.260 e. The van der Waals surface area contributed by atoms with Crippen LogP contribution in [0.4, 0.5) is 0 Å². The van der Waals surface area contributed by atoms with Gasteiger partial charge in [0.05, 0.1) is 0 Å². The van der Waals surface area contributed by atoms with Crippen LogP contribution in [0.1, 0.15) is 19.4 Å². The molecule has 1 rings (SSSR count). The van der Waals surface area contributed by atoms with Gasteiger partial charge in [-0.2, -0.15) is 0 Å². The van der Waals surface area contributed by atoms with Crippen LogP contribution in [0, 0.1) is 0 Å². The first-order valence-electron chi connectivity index (χ1n) is 6.34. The van der Waals surface area contributed by atoms with Gasteiger partial charge in [0.15, 0.2) is 6.61 Å². The summed E-state index contributed by atoms with van der Waals surface area (Å²) in [7, 11) is 1.76. The molecule has 0 aliphatic heterocycles. The number of hydrogen-bond donors (Lipinski definition) is 1. The number of nitrogens with two attached hydrogens (primary N) is 1. The van der Waals surface area contributed by atoms with Gasteiger partial charge in [-0.15, -0.1) is 0 Å². The molecule has 1 aromatic rings. The number of hydrogen-bond acceptors (Lipinski definition) is 3. The zero-order valence-corrected chi connectivity index (χ0v) is 13.2. The lowest BCUT2D eigenvalue weighted by atomic mass is 10.1. The fourth-order valence-corrected chi connectivity index (χ4v) is 2.03. The topological polar surface area (TPSA) is 55.6 Å². The van der Waals surface area contributed by atoms with Crippen molar-refractivity contribution in [3.63, 3.8) is 0 Å². The Morgan fingerprint density at radius 1 is 1.53 bits per heavy atom. The first-order valence-corrected chi connectivity index (χ1v) is 7.14. The van der Waals surface area contributed by atoms with Gasteiger partial charge in [0.1, 0.15) is 5.75 Å². The van der Waals surface area contributed by atoms with Gasteiger partial charge in [-0.25, -0.2) is 0 Å². The van der Waals surface area contributed by atoms with Crippen molar-refractivity contribution in [2.24, 2.45) is 5.73 Å². The van der Waals surface area contributed by atoms with E-state index >= 15 is 0 Å². The number of carbonyl (C=O) groups is 1. The molecular formula is C14H21BrN2O2. The number of carbonyl (C=O) groups excluding carboxylic acids is 1. The number of likely N-dealkylation sites (N-methyl/N-ethyl adjacent to an activating group) is 1. The van der Waals surface area contributed by atoms with E-state index in [1.165, 1.54) is 0 Å². The number of nitrogens with zero attached hydrogens (tertiary/aromatic N) is 1. The summed E-state index contributed by atoms with van der Waals surface area (Å²) in [5.41, 5.74) is 6.83. The molecule has 0 bridgehead atoms. The van der Waals surface area contributed by atoms with Crippen LogP contribution in [-0.2, 0) is 11.2 Å². The lowest BCUT2D eigenvalue weighted by Gasteiger charge is -2.17. The Balaban J connectivity index is 2.74. The minimum absolute atomic E-state index is 0.0304. The summed E-state index contributed by atoms with van der Waals surface area (Å²) in [6, 6.07) is 5.78. The number of benzene rings is 1. The average Bonchev–Trinajstić information content (AvgIpc) is 2.35. The Kier molecular flexibility index (Phi) is 6.31. The first-order chi connectivity index (χ1) is 8.93. The molecule has 0 saturated heterocycles. The van der Waals surface area contributed by atoms with Crippen LogP contribution >= 0.6 is 15.9 Å². The Hall–Kier alpha value is -1.07. The second-order valence-corrected chi connectivity index (χ2v) is 5.55. The van der Waals surface area contributed by atoms with Crippen LogP contribution in [0.3, 0.4) is 0 Å². The molecule has 5 heteroatoms. The molecule has 19 heavy (non-hydrogen) atoms. The second-order valence-electron chi connectivity index (χ2n) is 4.63. The second kappa shape index (κ2) is 7.50. The minimum Gasteiger partial charge on any atom is -0.483 e. The highest BCUT2D eigenvalue weighted by molar-refractivity contribution is 9.10. The molecule has 1 amide bonds. The average molecular weight is 329 g/mol.